The second-order valence-electron chi connectivity index (χ2n) is 4.93. The van der Waals surface area contributed by atoms with E-state index < -0.39 is 0 Å². The van der Waals surface area contributed by atoms with Gasteiger partial charge in [-0.3, -0.25) is 0 Å². The molecule has 3 nitrogen and oxygen atoms in total. The lowest BCUT2D eigenvalue weighted by atomic mass is 10.2. The zero-order valence-corrected chi connectivity index (χ0v) is 13.5. The summed E-state index contributed by atoms with van der Waals surface area (Å²) in [4.78, 5) is 9.31. The Morgan fingerprint density at radius 3 is 2.75 bits per heavy atom. The predicted octanol–water partition coefficient (Wildman–Crippen LogP) is 4.87. The molecule has 0 aliphatic heterocycles. The van der Waals surface area contributed by atoms with Crippen LogP contribution in [0.3, 0.4) is 0 Å². The van der Waals surface area contributed by atoms with Gasteiger partial charge in [-0.25, -0.2) is 9.97 Å². The van der Waals surface area contributed by atoms with Crippen LogP contribution in [0.25, 0.3) is 11.4 Å². The highest BCUT2D eigenvalue weighted by molar-refractivity contribution is 9.10. The zero-order valence-electron chi connectivity index (χ0n) is 11.2. The van der Waals surface area contributed by atoms with Crippen molar-refractivity contribution in [1.82, 2.24) is 9.97 Å². The number of hydrogen-bond donors (Lipinski definition) is 1. The summed E-state index contributed by atoms with van der Waals surface area (Å²) in [5, 5.41) is 3.98. The Labute approximate surface area is 131 Å². The minimum Gasteiger partial charge on any atom is -0.370 e. The molecule has 0 bridgehead atoms. The van der Waals surface area contributed by atoms with Crippen LogP contribution in [0.4, 0.5) is 5.82 Å². The number of benzene rings is 1. The van der Waals surface area contributed by atoms with E-state index in [9.17, 15) is 0 Å². The van der Waals surface area contributed by atoms with Gasteiger partial charge in [-0.1, -0.05) is 11.6 Å². The molecular formula is C15H15BrClN3. The average molecular weight is 353 g/mol. The molecule has 2 aromatic rings. The van der Waals surface area contributed by atoms with Crippen molar-refractivity contribution >= 4 is 33.3 Å². The van der Waals surface area contributed by atoms with Gasteiger partial charge in [-0.15, -0.1) is 0 Å². The van der Waals surface area contributed by atoms with Gasteiger partial charge in [0, 0.05) is 39.3 Å². The van der Waals surface area contributed by atoms with Crippen LogP contribution < -0.4 is 5.32 Å². The fourth-order valence-electron chi connectivity index (χ4n) is 2.12. The van der Waals surface area contributed by atoms with Crippen molar-refractivity contribution < 1.29 is 0 Å². The SMILES string of the molecule is CCNc1cc(C2CC2)nc(-c2ccc(Cl)cc2Br)n1. The van der Waals surface area contributed by atoms with Crippen molar-refractivity contribution in [2.45, 2.75) is 25.7 Å². The number of nitrogens with one attached hydrogen (secondary N) is 1. The Morgan fingerprint density at radius 1 is 1.30 bits per heavy atom. The molecule has 5 heteroatoms. The minimum absolute atomic E-state index is 0.597. The Kier molecular flexibility index (Phi) is 3.94. The third kappa shape index (κ3) is 2.96. The van der Waals surface area contributed by atoms with Crippen LogP contribution in [0.2, 0.25) is 5.02 Å². The Hall–Kier alpha value is -1.13. The standard InChI is InChI=1S/C15H15BrClN3/c1-2-18-14-8-13(9-3-4-9)19-15(20-14)11-6-5-10(17)7-12(11)16/h5-9H,2-4H2,1H3,(H,18,19,20). The van der Waals surface area contributed by atoms with Gasteiger partial charge in [0.2, 0.25) is 0 Å². The third-order valence-electron chi connectivity index (χ3n) is 3.27. The van der Waals surface area contributed by atoms with Crippen molar-refractivity contribution in [3.63, 3.8) is 0 Å². The fourth-order valence-corrected chi connectivity index (χ4v) is 2.98. The molecule has 0 unspecified atom stereocenters. The maximum atomic E-state index is 5.99. The molecule has 1 N–H and O–H groups in total. The highest BCUT2D eigenvalue weighted by atomic mass is 79.9. The summed E-state index contributed by atoms with van der Waals surface area (Å²) >= 11 is 9.53. The molecule has 3 rings (SSSR count). The van der Waals surface area contributed by atoms with E-state index in [0.717, 1.165) is 33.9 Å². The second kappa shape index (κ2) is 5.70. The topological polar surface area (TPSA) is 37.8 Å². The molecule has 20 heavy (non-hydrogen) atoms. The van der Waals surface area contributed by atoms with E-state index in [1.807, 2.05) is 18.2 Å². The van der Waals surface area contributed by atoms with Crippen molar-refractivity contribution in [3.8, 4) is 11.4 Å². The van der Waals surface area contributed by atoms with E-state index in [-0.39, 0.29) is 0 Å². The van der Waals surface area contributed by atoms with Crippen LogP contribution in [-0.2, 0) is 0 Å². The van der Waals surface area contributed by atoms with Gasteiger partial charge in [-0.05, 0) is 53.9 Å². The summed E-state index contributed by atoms with van der Waals surface area (Å²) in [5.74, 6) is 2.23. The van der Waals surface area contributed by atoms with Gasteiger partial charge >= 0.3 is 0 Å². The van der Waals surface area contributed by atoms with Crippen LogP contribution in [0.5, 0.6) is 0 Å². The lowest BCUT2D eigenvalue weighted by molar-refractivity contribution is 0.987. The Morgan fingerprint density at radius 2 is 2.10 bits per heavy atom. The number of anilines is 1. The van der Waals surface area contributed by atoms with E-state index in [4.69, 9.17) is 16.6 Å². The first kappa shape index (κ1) is 13.8. The molecule has 1 aromatic carbocycles. The Bertz CT molecular complexity index is 641. The quantitative estimate of drug-likeness (QED) is 0.853. The molecule has 104 valence electrons. The van der Waals surface area contributed by atoms with E-state index in [2.05, 4.69) is 39.2 Å². The van der Waals surface area contributed by atoms with Crippen LogP contribution >= 0.6 is 27.5 Å². The molecule has 1 aliphatic rings. The van der Waals surface area contributed by atoms with Crippen molar-refractivity contribution in [3.05, 3.63) is 39.5 Å². The van der Waals surface area contributed by atoms with Crippen molar-refractivity contribution in [2.24, 2.45) is 0 Å². The molecule has 1 saturated carbocycles. The van der Waals surface area contributed by atoms with Crippen molar-refractivity contribution in [1.29, 1.82) is 0 Å². The summed E-state index contributed by atoms with van der Waals surface area (Å²) in [6.07, 6.45) is 2.45. The molecule has 1 heterocycles. The van der Waals surface area contributed by atoms with Gasteiger partial charge in [0.05, 0.1) is 0 Å². The predicted molar refractivity (Wildman–Crippen MR) is 86.3 cm³/mol. The summed E-state index contributed by atoms with van der Waals surface area (Å²) < 4.78 is 0.917. The van der Waals surface area contributed by atoms with Crippen molar-refractivity contribution in [2.75, 3.05) is 11.9 Å². The summed E-state index contributed by atoms with van der Waals surface area (Å²) in [5.41, 5.74) is 2.10. The molecule has 1 aromatic heterocycles. The van der Waals surface area contributed by atoms with Crippen LogP contribution in [0, 0.1) is 0 Å². The van der Waals surface area contributed by atoms with Gasteiger partial charge in [-0.2, -0.15) is 0 Å². The molecule has 0 atom stereocenters. The monoisotopic (exact) mass is 351 g/mol. The van der Waals surface area contributed by atoms with Gasteiger partial charge in [0.1, 0.15) is 5.82 Å². The second-order valence-corrected chi connectivity index (χ2v) is 6.22. The highest BCUT2D eigenvalue weighted by Crippen LogP contribution is 2.40. The largest absolute Gasteiger partial charge is 0.370 e. The highest BCUT2D eigenvalue weighted by Gasteiger charge is 2.26. The van der Waals surface area contributed by atoms with E-state index in [0.29, 0.717) is 10.9 Å². The molecule has 0 spiro atoms. The summed E-state index contributed by atoms with van der Waals surface area (Å²) in [6.45, 7) is 2.92. The molecule has 0 radical (unpaired) electrons. The number of halogens is 2. The van der Waals surface area contributed by atoms with E-state index in [1.54, 1.807) is 0 Å². The normalized spacial score (nSPS) is 14.3. The van der Waals surface area contributed by atoms with Crippen LogP contribution in [-0.4, -0.2) is 16.5 Å². The molecule has 0 amide bonds. The van der Waals surface area contributed by atoms with Gasteiger partial charge < -0.3 is 5.32 Å². The average Bonchev–Trinajstić information content (AvgIpc) is 3.23. The molecular weight excluding hydrogens is 338 g/mol. The molecule has 1 fully saturated rings. The van der Waals surface area contributed by atoms with Gasteiger partial charge in [0.15, 0.2) is 5.82 Å². The minimum atomic E-state index is 0.597. The first-order valence-electron chi connectivity index (χ1n) is 6.75. The summed E-state index contributed by atoms with van der Waals surface area (Å²) in [7, 11) is 0. The number of nitrogens with zero attached hydrogens (tertiary/aromatic N) is 2. The van der Waals surface area contributed by atoms with E-state index in [1.165, 1.54) is 12.8 Å². The maximum absolute atomic E-state index is 5.99. The third-order valence-corrected chi connectivity index (χ3v) is 4.16. The van der Waals surface area contributed by atoms with E-state index >= 15 is 0 Å². The fraction of sp³-hybridized carbons (Fsp3) is 0.333. The zero-order chi connectivity index (χ0) is 14.1. The first-order valence-corrected chi connectivity index (χ1v) is 7.92. The van der Waals surface area contributed by atoms with Gasteiger partial charge in [0.25, 0.3) is 0 Å². The van der Waals surface area contributed by atoms with Crippen LogP contribution in [0.1, 0.15) is 31.4 Å². The maximum Gasteiger partial charge on any atom is 0.162 e. The smallest absolute Gasteiger partial charge is 0.162 e. The number of rotatable bonds is 4. The summed E-state index contributed by atoms with van der Waals surface area (Å²) in [6, 6.07) is 7.75. The lowest BCUT2D eigenvalue weighted by Crippen LogP contribution is -2.04. The number of aromatic nitrogens is 2. The lowest BCUT2D eigenvalue weighted by Gasteiger charge is -2.10. The first-order chi connectivity index (χ1) is 9.67. The number of hydrogen-bond acceptors (Lipinski definition) is 3. The Balaban J connectivity index is 2.06. The molecule has 0 saturated heterocycles. The van der Waals surface area contributed by atoms with Crippen LogP contribution in [0.15, 0.2) is 28.7 Å². The molecule has 1 aliphatic carbocycles.